The molecule has 1 aromatic rings. The summed E-state index contributed by atoms with van der Waals surface area (Å²) in [5, 5.41) is 2.63. The molecule has 4 heteroatoms. The molecule has 0 radical (unpaired) electrons. The fraction of sp³-hybridized carbons (Fsp3) is 0.600. The lowest BCUT2D eigenvalue weighted by Gasteiger charge is -2.35. The normalized spacial score (nSPS) is 20.4. The first kappa shape index (κ1) is 14.1. The maximum atomic E-state index is 11.7. The molecule has 0 saturated carbocycles. The van der Waals surface area contributed by atoms with Gasteiger partial charge in [0.15, 0.2) is 6.71 Å². The zero-order chi connectivity index (χ0) is 14.3. The summed E-state index contributed by atoms with van der Waals surface area (Å²) >= 11 is 0. The van der Waals surface area contributed by atoms with E-state index in [4.69, 9.17) is 0 Å². The van der Waals surface area contributed by atoms with Crippen LogP contribution in [0.1, 0.15) is 38.2 Å². The van der Waals surface area contributed by atoms with E-state index in [-0.39, 0.29) is 5.91 Å². The fourth-order valence-electron chi connectivity index (χ4n) is 3.05. The molecule has 1 N–H and O–H groups in total. The highest BCUT2D eigenvalue weighted by Gasteiger charge is 2.48. The van der Waals surface area contributed by atoms with Gasteiger partial charge in [-0.1, -0.05) is 45.8 Å². The second kappa shape index (κ2) is 4.66. The summed E-state index contributed by atoms with van der Waals surface area (Å²) in [7, 11) is 1.64. The Morgan fingerprint density at radius 1 is 1.26 bits per heavy atom. The molecule has 1 aromatic heterocycles. The molecule has 0 unspecified atom stereocenters. The molecule has 3 nitrogen and oxygen atoms in total. The van der Waals surface area contributed by atoms with Crippen LogP contribution in [0.15, 0.2) is 18.3 Å². The molecule has 1 amide bonds. The maximum absolute atomic E-state index is 11.7. The molecule has 1 aliphatic heterocycles. The number of aromatic nitrogens is 1. The fourth-order valence-corrected chi connectivity index (χ4v) is 3.05. The van der Waals surface area contributed by atoms with Crippen molar-refractivity contribution in [1.29, 1.82) is 0 Å². The molecule has 1 saturated heterocycles. The molecular formula is C15H23BN2O. The third-order valence-corrected chi connectivity index (χ3v) is 5.06. The quantitative estimate of drug-likeness (QED) is 0.826. The molecule has 2 heterocycles. The van der Waals surface area contributed by atoms with Gasteiger partial charge in [-0.15, -0.1) is 0 Å². The predicted octanol–water partition coefficient (Wildman–Crippen LogP) is 2.21. The van der Waals surface area contributed by atoms with Crippen molar-refractivity contribution in [1.82, 2.24) is 10.3 Å². The summed E-state index contributed by atoms with van der Waals surface area (Å²) < 4.78 is 0. The lowest BCUT2D eigenvalue weighted by Crippen LogP contribution is -2.30. The lowest BCUT2D eigenvalue weighted by atomic mass is 9.42. The van der Waals surface area contributed by atoms with Crippen molar-refractivity contribution in [3.05, 3.63) is 24.0 Å². The smallest absolute Gasteiger partial charge is 0.269 e. The summed E-state index contributed by atoms with van der Waals surface area (Å²) in [4.78, 5) is 15.8. The average molecular weight is 258 g/mol. The average Bonchev–Trinajstić information content (AvgIpc) is 2.58. The molecule has 0 aliphatic carbocycles. The SMILES string of the molecule is CNC(=O)c1cc(B2CC(C)(C)C(C)(C)C2)ccn1. The van der Waals surface area contributed by atoms with Gasteiger partial charge in [-0.25, -0.2) is 0 Å². The van der Waals surface area contributed by atoms with E-state index in [2.05, 4.69) is 44.1 Å². The van der Waals surface area contributed by atoms with Crippen molar-refractivity contribution in [3.8, 4) is 0 Å². The Morgan fingerprint density at radius 2 is 1.84 bits per heavy atom. The molecule has 0 bridgehead atoms. The number of hydrogen-bond donors (Lipinski definition) is 1. The van der Waals surface area contributed by atoms with Crippen LogP contribution >= 0.6 is 0 Å². The molecular weight excluding hydrogens is 235 g/mol. The molecule has 2 rings (SSSR count). The Morgan fingerprint density at radius 3 is 2.37 bits per heavy atom. The minimum absolute atomic E-state index is 0.113. The van der Waals surface area contributed by atoms with E-state index in [1.54, 1.807) is 13.2 Å². The lowest BCUT2D eigenvalue weighted by molar-refractivity contribution is 0.0958. The van der Waals surface area contributed by atoms with Gasteiger partial charge in [0.1, 0.15) is 5.69 Å². The van der Waals surface area contributed by atoms with Gasteiger partial charge in [0.05, 0.1) is 0 Å². The first-order valence-electron chi connectivity index (χ1n) is 6.95. The van der Waals surface area contributed by atoms with Crippen LogP contribution in [0.2, 0.25) is 12.6 Å². The van der Waals surface area contributed by atoms with Crippen LogP contribution in [0.4, 0.5) is 0 Å². The molecule has 0 spiro atoms. The minimum Gasteiger partial charge on any atom is -0.354 e. The van der Waals surface area contributed by atoms with E-state index in [1.807, 2.05) is 6.07 Å². The Labute approximate surface area is 116 Å². The highest BCUT2D eigenvalue weighted by molar-refractivity contribution is 6.74. The second-order valence-electron chi connectivity index (χ2n) is 6.93. The molecule has 19 heavy (non-hydrogen) atoms. The summed E-state index contributed by atoms with van der Waals surface area (Å²) in [6, 6.07) is 4.00. The van der Waals surface area contributed by atoms with Gasteiger partial charge in [-0.3, -0.25) is 9.78 Å². The minimum atomic E-state index is -0.113. The number of carbonyl (C=O) groups excluding carboxylic acids is 1. The van der Waals surface area contributed by atoms with Crippen molar-refractivity contribution < 1.29 is 4.79 Å². The first-order valence-corrected chi connectivity index (χ1v) is 6.95. The number of rotatable bonds is 2. The van der Waals surface area contributed by atoms with Crippen LogP contribution in [0.5, 0.6) is 0 Å². The largest absolute Gasteiger partial charge is 0.354 e. The van der Waals surface area contributed by atoms with Crippen molar-refractivity contribution in [3.63, 3.8) is 0 Å². The van der Waals surface area contributed by atoms with Gasteiger partial charge in [0.25, 0.3) is 5.91 Å². The van der Waals surface area contributed by atoms with Gasteiger partial charge in [-0.2, -0.15) is 0 Å². The number of amides is 1. The van der Waals surface area contributed by atoms with Crippen molar-refractivity contribution >= 4 is 18.1 Å². The summed E-state index contributed by atoms with van der Waals surface area (Å²) in [6.45, 7) is 9.89. The Hall–Kier alpha value is -1.32. The number of nitrogens with zero attached hydrogens (tertiary/aromatic N) is 1. The van der Waals surface area contributed by atoms with Crippen molar-refractivity contribution in [2.45, 2.75) is 40.3 Å². The third-order valence-electron chi connectivity index (χ3n) is 5.06. The standard InChI is InChI=1S/C15H23BN2O/c1-14(2)9-16(10-15(14,3)4)11-6-7-18-12(8-11)13(19)17-5/h6-8H,9-10H2,1-5H3,(H,17,19). The van der Waals surface area contributed by atoms with Crippen LogP contribution in [0.25, 0.3) is 0 Å². The van der Waals surface area contributed by atoms with Gasteiger partial charge >= 0.3 is 0 Å². The van der Waals surface area contributed by atoms with Crippen molar-refractivity contribution in [2.24, 2.45) is 10.8 Å². The summed E-state index contributed by atoms with van der Waals surface area (Å²) in [5.74, 6) is -0.113. The Kier molecular flexibility index (Phi) is 3.46. The third kappa shape index (κ3) is 2.53. The zero-order valence-corrected chi connectivity index (χ0v) is 12.6. The van der Waals surface area contributed by atoms with Crippen LogP contribution in [-0.4, -0.2) is 24.7 Å². The maximum Gasteiger partial charge on any atom is 0.269 e. The van der Waals surface area contributed by atoms with Crippen molar-refractivity contribution in [2.75, 3.05) is 7.05 Å². The number of nitrogens with one attached hydrogen (secondary N) is 1. The van der Waals surface area contributed by atoms with Gasteiger partial charge in [-0.05, 0) is 23.0 Å². The topological polar surface area (TPSA) is 42.0 Å². The van der Waals surface area contributed by atoms with E-state index in [0.717, 1.165) is 12.6 Å². The van der Waals surface area contributed by atoms with E-state index >= 15 is 0 Å². The predicted molar refractivity (Wildman–Crippen MR) is 80.2 cm³/mol. The van der Waals surface area contributed by atoms with E-state index in [9.17, 15) is 4.79 Å². The molecule has 1 fully saturated rings. The molecule has 0 atom stereocenters. The van der Waals surface area contributed by atoms with Crippen LogP contribution in [-0.2, 0) is 0 Å². The highest BCUT2D eigenvalue weighted by atomic mass is 16.1. The monoisotopic (exact) mass is 258 g/mol. The number of carbonyl (C=O) groups is 1. The van der Waals surface area contributed by atoms with Gasteiger partial charge < -0.3 is 5.32 Å². The van der Waals surface area contributed by atoms with E-state index in [0.29, 0.717) is 23.2 Å². The Balaban J connectivity index is 2.27. The van der Waals surface area contributed by atoms with E-state index in [1.165, 1.54) is 5.46 Å². The molecule has 1 aliphatic rings. The van der Waals surface area contributed by atoms with Crippen LogP contribution < -0.4 is 10.8 Å². The zero-order valence-electron chi connectivity index (χ0n) is 12.6. The second-order valence-corrected chi connectivity index (χ2v) is 6.93. The number of pyridine rings is 1. The highest BCUT2D eigenvalue weighted by Crippen LogP contribution is 2.52. The summed E-state index contributed by atoms with van der Waals surface area (Å²) in [5.41, 5.74) is 2.41. The summed E-state index contributed by atoms with van der Waals surface area (Å²) in [6.07, 6.45) is 4.08. The van der Waals surface area contributed by atoms with Gasteiger partial charge in [0, 0.05) is 13.2 Å². The molecule has 102 valence electrons. The first-order chi connectivity index (χ1) is 8.77. The number of hydrogen-bond acceptors (Lipinski definition) is 2. The van der Waals surface area contributed by atoms with E-state index < -0.39 is 0 Å². The van der Waals surface area contributed by atoms with Crippen LogP contribution in [0.3, 0.4) is 0 Å². The van der Waals surface area contributed by atoms with Crippen LogP contribution in [0, 0.1) is 10.8 Å². The Bertz CT molecular complexity index is 481. The van der Waals surface area contributed by atoms with Gasteiger partial charge in [0.2, 0.25) is 0 Å². The molecule has 0 aromatic carbocycles.